The van der Waals surface area contributed by atoms with E-state index in [9.17, 15) is 14.0 Å². The minimum Gasteiger partial charge on any atom is -0.379 e. The molecule has 162 valence electrons. The molecule has 7 nitrogen and oxygen atoms in total. The maximum Gasteiger partial charge on any atom is 0.254 e. The highest BCUT2D eigenvalue weighted by Gasteiger charge is 2.20. The highest BCUT2D eigenvalue weighted by molar-refractivity contribution is 7.15. The number of halogens is 1. The topological polar surface area (TPSA) is 74.8 Å². The molecule has 0 saturated carbocycles. The zero-order valence-electron chi connectivity index (χ0n) is 17.3. The Kier molecular flexibility index (Phi) is 7.89. The van der Waals surface area contributed by atoms with Gasteiger partial charge in [0.2, 0.25) is 5.91 Å². The second-order valence-corrected chi connectivity index (χ2v) is 8.45. The Morgan fingerprint density at radius 1 is 1.23 bits per heavy atom. The highest BCUT2D eigenvalue weighted by atomic mass is 32.1. The van der Waals surface area contributed by atoms with Gasteiger partial charge in [0.05, 0.1) is 18.9 Å². The summed E-state index contributed by atoms with van der Waals surface area (Å²) in [5, 5.41) is 3.30. The first-order chi connectivity index (χ1) is 14.4. The van der Waals surface area contributed by atoms with E-state index in [4.69, 9.17) is 4.74 Å². The van der Waals surface area contributed by atoms with Crippen molar-refractivity contribution < 1.29 is 18.7 Å². The van der Waals surface area contributed by atoms with E-state index >= 15 is 0 Å². The molecule has 2 heterocycles. The fraction of sp³-hybridized carbons (Fsp3) is 0.476. The Morgan fingerprint density at radius 2 is 1.93 bits per heavy atom. The molecule has 1 aliphatic heterocycles. The van der Waals surface area contributed by atoms with E-state index in [0.29, 0.717) is 30.5 Å². The van der Waals surface area contributed by atoms with Crippen LogP contribution in [-0.2, 0) is 9.53 Å². The average Bonchev–Trinajstić information content (AvgIpc) is 3.04. The van der Waals surface area contributed by atoms with Crippen LogP contribution in [0.15, 0.2) is 24.3 Å². The molecule has 1 aromatic heterocycles. The second kappa shape index (κ2) is 10.6. The van der Waals surface area contributed by atoms with Crippen molar-refractivity contribution in [1.82, 2.24) is 14.8 Å². The van der Waals surface area contributed by atoms with Gasteiger partial charge in [0.15, 0.2) is 5.13 Å². The molecular weight excluding hydrogens is 407 g/mol. The standard InChI is InChI=1S/C21H27FN4O3S/c1-15-16(2)30-21(23-15)24-19(27)14-26(9-3-8-25-10-12-29-13-11-25)20(28)17-4-6-18(22)7-5-17/h4-7H,3,8-14H2,1-2H3,(H,23,24,27). The molecule has 1 aliphatic rings. The molecule has 3 rings (SSSR count). The number of hydrogen-bond donors (Lipinski definition) is 1. The van der Waals surface area contributed by atoms with Gasteiger partial charge in [-0.2, -0.15) is 0 Å². The number of aryl methyl sites for hydroxylation is 2. The summed E-state index contributed by atoms with van der Waals surface area (Å²) in [7, 11) is 0. The fourth-order valence-corrected chi connectivity index (χ4v) is 4.03. The number of nitrogens with zero attached hydrogens (tertiary/aromatic N) is 3. The maximum atomic E-state index is 13.2. The molecule has 1 saturated heterocycles. The van der Waals surface area contributed by atoms with Crippen molar-refractivity contribution in [2.45, 2.75) is 20.3 Å². The first kappa shape index (κ1) is 22.3. The molecule has 2 aromatic rings. The quantitative estimate of drug-likeness (QED) is 0.692. The number of aromatic nitrogens is 1. The minimum absolute atomic E-state index is 0.0863. The molecule has 1 aromatic carbocycles. The number of carbonyl (C=O) groups is 2. The lowest BCUT2D eigenvalue weighted by Crippen LogP contribution is -2.41. The van der Waals surface area contributed by atoms with Crippen LogP contribution in [0.1, 0.15) is 27.3 Å². The van der Waals surface area contributed by atoms with E-state index in [-0.39, 0.29) is 18.4 Å². The number of anilines is 1. The molecule has 1 fully saturated rings. The molecule has 9 heteroatoms. The first-order valence-electron chi connectivity index (χ1n) is 10.0. The molecule has 2 amide bonds. The van der Waals surface area contributed by atoms with Crippen molar-refractivity contribution in [2.75, 3.05) is 51.3 Å². The van der Waals surface area contributed by atoms with Crippen molar-refractivity contribution in [1.29, 1.82) is 0 Å². The van der Waals surface area contributed by atoms with Crippen LogP contribution in [0, 0.1) is 19.7 Å². The lowest BCUT2D eigenvalue weighted by atomic mass is 10.2. The van der Waals surface area contributed by atoms with Crippen molar-refractivity contribution in [2.24, 2.45) is 0 Å². The number of ether oxygens (including phenoxy) is 1. The van der Waals surface area contributed by atoms with E-state index in [1.807, 2.05) is 13.8 Å². The number of nitrogens with one attached hydrogen (secondary N) is 1. The zero-order chi connectivity index (χ0) is 21.5. The summed E-state index contributed by atoms with van der Waals surface area (Å²) in [6, 6.07) is 5.39. The zero-order valence-corrected chi connectivity index (χ0v) is 18.1. The molecule has 0 spiro atoms. The Hall–Kier alpha value is -2.36. The van der Waals surface area contributed by atoms with Crippen LogP contribution >= 0.6 is 11.3 Å². The van der Waals surface area contributed by atoms with E-state index < -0.39 is 5.82 Å². The highest BCUT2D eigenvalue weighted by Crippen LogP contribution is 2.21. The van der Waals surface area contributed by atoms with Crippen molar-refractivity contribution >= 4 is 28.3 Å². The van der Waals surface area contributed by atoms with Crippen molar-refractivity contribution in [3.63, 3.8) is 0 Å². The van der Waals surface area contributed by atoms with Gasteiger partial charge in [0.25, 0.3) is 5.91 Å². The molecule has 1 N–H and O–H groups in total. The van der Waals surface area contributed by atoms with Crippen LogP contribution in [0.5, 0.6) is 0 Å². The van der Waals surface area contributed by atoms with Crippen LogP contribution in [-0.4, -0.2) is 72.5 Å². The summed E-state index contributed by atoms with van der Waals surface area (Å²) in [6.07, 6.45) is 0.732. The van der Waals surface area contributed by atoms with Crippen LogP contribution in [0.3, 0.4) is 0 Å². The van der Waals surface area contributed by atoms with Gasteiger partial charge in [0, 0.05) is 36.6 Å². The SMILES string of the molecule is Cc1nc(NC(=O)CN(CCCN2CCOCC2)C(=O)c2ccc(F)cc2)sc1C. The normalized spacial score (nSPS) is 14.5. The number of rotatable bonds is 8. The number of thiazole rings is 1. The van der Waals surface area contributed by atoms with Gasteiger partial charge in [0.1, 0.15) is 12.4 Å². The van der Waals surface area contributed by atoms with Gasteiger partial charge in [-0.1, -0.05) is 0 Å². The van der Waals surface area contributed by atoms with Crippen LogP contribution in [0.2, 0.25) is 0 Å². The van der Waals surface area contributed by atoms with Gasteiger partial charge >= 0.3 is 0 Å². The van der Waals surface area contributed by atoms with Gasteiger partial charge < -0.3 is 15.0 Å². The number of morpholine rings is 1. The molecule has 0 bridgehead atoms. The molecule has 0 aliphatic carbocycles. The summed E-state index contributed by atoms with van der Waals surface area (Å²) >= 11 is 1.41. The Balaban J connectivity index is 1.63. The van der Waals surface area contributed by atoms with Gasteiger partial charge in [-0.3, -0.25) is 14.5 Å². The van der Waals surface area contributed by atoms with Crippen molar-refractivity contribution in [3.8, 4) is 0 Å². The smallest absolute Gasteiger partial charge is 0.254 e. The lowest BCUT2D eigenvalue weighted by molar-refractivity contribution is -0.116. The predicted molar refractivity (Wildman–Crippen MR) is 114 cm³/mol. The second-order valence-electron chi connectivity index (χ2n) is 7.25. The summed E-state index contributed by atoms with van der Waals surface area (Å²) in [5.74, 6) is -0.998. The lowest BCUT2D eigenvalue weighted by Gasteiger charge is -2.28. The molecule has 0 atom stereocenters. The molecule has 30 heavy (non-hydrogen) atoms. The third-order valence-electron chi connectivity index (χ3n) is 4.99. The number of amides is 2. The number of hydrogen-bond acceptors (Lipinski definition) is 6. The third-order valence-corrected chi connectivity index (χ3v) is 5.98. The molecule has 0 radical (unpaired) electrons. The average molecular weight is 435 g/mol. The van der Waals surface area contributed by atoms with Crippen molar-refractivity contribution in [3.05, 3.63) is 46.2 Å². The number of benzene rings is 1. The minimum atomic E-state index is -0.405. The fourth-order valence-electron chi connectivity index (χ4n) is 3.20. The van der Waals surface area contributed by atoms with Gasteiger partial charge in [-0.25, -0.2) is 9.37 Å². The summed E-state index contributed by atoms with van der Waals surface area (Å²) in [5.41, 5.74) is 1.23. The van der Waals surface area contributed by atoms with Crippen LogP contribution in [0.4, 0.5) is 9.52 Å². The summed E-state index contributed by atoms with van der Waals surface area (Å²) < 4.78 is 18.6. The largest absolute Gasteiger partial charge is 0.379 e. The Labute approximate surface area is 179 Å². The predicted octanol–water partition coefficient (Wildman–Crippen LogP) is 2.70. The Morgan fingerprint density at radius 3 is 2.57 bits per heavy atom. The Bertz CT molecular complexity index is 846. The van der Waals surface area contributed by atoms with Crippen LogP contribution < -0.4 is 5.32 Å². The third kappa shape index (κ3) is 6.32. The van der Waals surface area contributed by atoms with E-state index in [2.05, 4.69) is 15.2 Å². The monoisotopic (exact) mass is 434 g/mol. The number of carbonyl (C=O) groups excluding carboxylic acids is 2. The van der Waals surface area contributed by atoms with Crippen LogP contribution in [0.25, 0.3) is 0 Å². The summed E-state index contributed by atoms with van der Waals surface area (Å²) in [6.45, 7) is 8.16. The van der Waals surface area contributed by atoms with E-state index in [0.717, 1.165) is 36.6 Å². The first-order valence-corrected chi connectivity index (χ1v) is 10.8. The van der Waals surface area contributed by atoms with E-state index in [1.54, 1.807) is 0 Å². The maximum absolute atomic E-state index is 13.2. The van der Waals surface area contributed by atoms with Gasteiger partial charge in [-0.05, 0) is 44.5 Å². The summed E-state index contributed by atoms with van der Waals surface area (Å²) in [4.78, 5) is 34.7. The molecule has 0 unspecified atom stereocenters. The molecular formula is C21H27FN4O3S. The van der Waals surface area contributed by atoms with E-state index in [1.165, 1.54) is 40.5 Å². The van der Waals surface area contributed by atoms with Gasteiger partial charge in [-0.15, -0.1) is 11.3 Å².